The Hall–Kier alpha value is -0.0500. The first-order valence-corrected chi connectivity index (χ1v) is 17.2. The van der Waals surface area contributed by atoms with Gasteiger partial charge in [0.05, 0.1) is 31.8 Å². The number of unbranched alkanes of at least 4 members (excludes halogenated alkanes) is 6. The zero-order chi connectivity index (χ0) is 34.3. The highest BCUT2D eigenvalue weighted by Crippen LogP contribution is 2.61. The fourth-order valence-electron chi connectivity index (χ4n) is 7.14. The lowest BCUT2D eigenvalue weighted by Crippen LogP contribution is -2.85. The molecule has 2 aliphatic rings. The summed E-state index contributed by atoms with van der Waals surface area (Å²) < 4.78 is 18.9. The molecule has 262 valence electrons. The summed E-state index contributed by atoms with van der Waals surface area (Å²) in [5.74, 6) is 0.712. The van der Waals surface area contributed by atoms with Crippen molar-refractivity contribution in [2.24, 2.45) is 5.41 Å². The molecule has 0 aliphatic carbocycles. The van der Waals surface area contributed by atoms with Gasteiger partial charge in [0.1, 0.15) is 49.7 Å². The van der Waals surface area contributed by atoms with Crippen LogP contribution in [0, 0.1) is 5.41 Å². The van der Waals surface area contributed by atoms with Crippen LogP contribution in [-0.2, 0) is 14.2 Å². The highest BCUT2D eigenvalue weighted by molar-refractivity contribution is 8.00. The lowest BCUT2D eigenvalue weighted by Gasteiger charge is -2.67. The topological polar surface area (TPSA) is 169 Å². The van der Waals surface area contributed by atoms with Gasteiger partial charge in [-0.25, -0.2) is 0 Å². The van der Waals surface area contributed by atoms with Crippen LogP contribution in [0.5, 0.6) is 0 Å². The third-order valence-corrected chi connectivity index (χ3v) is 13.9. The van der Waals surface area contributed by atoms with Crippen LogP contribution in [0.15, 0.2) is 0 Å². The summed E-state index contributed by atoms with van der Waals surface area (Å²) in [6.07, 6.45) is 8.04. The molecule has 10 nitrogen and oxygen atoms in total. The molecule has 0 radical (unpaired) electrons. The van der Waals surface area contributed by atoms with Crippen molar-refractivity contribution in [1.29, 1.82) is 0 Å². The number of aliphatic hydroxyl groups is 7. The van der Waals surface area contributed by atoms with E-state index in [0.29, 0.717) is 5.75 Å². The van der Waals surface area contributed by atoms with Gasteiger partial charge < -0.3 is 50.0 Å². The van der Waals surface area contributed by atoms with Crippen molar-refractivity contribution in [3.63, 3.8) is 0 Å². The van der Waals surface area contributed by atoms with Gasteiger partial charge in [-0.05, 0) is 74.5 Å². The molecule has 11 heteroatoms. The smallest absolute Gasteiger partial charge is 0.143 e. The second-order valence-corrected chi connectivity index (χ2v) is 16.8. The van der Waals surface area contributed by atoms with Crippen molar-refractivity contribution in [2.75, 3.05) is 32.2 Å². The Balaban J connectivity index is 2.30. The van der Waals surface area contributed by atoms with E-state index in [1.165, 1.54) is 79.0 Å². The quantitative estimate of drug-likeness (QED) is 0.130. The van der Waals surface area contributed by atoms with Gasteiger partial charge in [-0.3, -0.25) is 0 Å². The molecule has 7 N–H and O–H groups in total. The van der Waals surface area contributed by atoms with Gasteiger partial charge in [0, 0.05) is 0 Å². The lowest BCUT2D eigenvalue weighted by atomic mass is 9.55. The molecular formula is C33H64O10S. The fraction of sp³-hybridized carbons (Fsp3) is 1.00. The fourth-order valence-corrected chi connectivity index (χ4v) is 8.60. The summed E-state index contributed by atoms with van der Waals surface area (Å²) in [7, 11) is 0. The lowest BCUT2D eigenvalue weighted by molar-refractivity contribution is -0.410. The van der Waals surface area contributed by atoms with E-state index >= 15 is 0 Å². The summed E-state index contributed by atoms with van der Waals surface area (Å²) >= 11 is 1.43. The zero-order valence-electron chi connectivity index (χ0n) is 29.2. The van der Waals surface area contributed by atoms with Gasteiger partial charge in [-0.2, -0.15) is 0 Å². The summed E-state index contributed by atoms with van der Waals surface area (Å²) in [4.78, 5) is -1.26. The first-order valence-electron chi connectivity index (χ1n) is 16.3. The monoisotopic (exact) mass is 652 g/mol. The third kappa shape index (κ3) is 5.93. The minimum Gasteiger partial charge on any atom is -0.393 e. The molecule has 5 unspecified atom stereocenters. The Bertz CT molecular complexity index is 970. The molecule has 0 aromatic heterocycles. The molecule has 10 atom stereocenters. The van der Waals surface area contributed by atoms with E-state index in [0.717, 1.165) is 19.3 Å². The molecular weight excluding hydrogens is 588 g/mol. The molecule has 2 saturated heterocycles. The van der Waals surface area contributed by atoms with Gasteiger partial charge in [-0.1, -0.05) is 52.4 Å². The maximum atomic E-state index is 12.2. The molecule has 0 aromatic rings. The van der Waals surface area contributed by atoms with Crippen LogP contribution in [0.2, 0.25) is 0 Å². The van der Waals surface area contributed by atoms with Crippen molar-refractivity contribution in [2.45, 2.75) is 171 Å². The average molecular weight is 653 g/mol. The molecule has 0 amide bonds. The highest BCUT2D eigenvalue weighted by atomic mass is 32.2. The van der Waals surface area contributed by atoms with Crippen molar-refractivity contribution in [1.82, 2.24) is 0 Å². The Morgan fingerprint density at radius 3 is 1.50 bits per heavy atom. The van der Waals surface area contributed by atoms with Crippen LogP contribution in [0.25, 0.3) is 0 Å². The molecule has 2 aliphatic heterocycles. The molecule has 0 aromatic carbocycles. The van der Waals surface area contributed by atoms with Gasteiger partial charge in [0.2, 0.25) is 0 Å². The molecule has 2 fully saturated rings. The largest absolute Gasteiger partial charge is 0.393 e. The van der Waals surface area contributed by atoms with Gasteiger partial charge in [0.25, 0.3) is 0 Å². The summed E-state index contributed by atoms with van der Waals surface area (Å²) in [6.45, 7) is 15.6. The van der Waals surface area contributed by atoms with E-state index in [1.807, 2.05) is 0 Å². The molecule has 2 rings (SSSR count). The predicted octanol–water partition coefficient (Wildman–Crippen LogP) is 3.29. The minimum atomic E-state index is -2.14. The predicted molar refractivity (Wildman–Crippen MR) is 172 cm³/mol. The highest BCUT2D eigenvalue weighted by Gasteiger charge is 2.76. The molecule has 2 heterocycles. The normalized spacial score (nSPS) is 49.8. The van der Waals surface area contributed by atoms with Crippen LogP contribution in [-0.4, -0.2) is 118 Å². The first kappa shape index (κ1) is 40.1. The maximum Gasteiger partial charge on any atom is 0.143 e. The van der Waals surface area contributed by atoms with Crippen LogP contribution in [0.3, 0.4) is 0 Å². The Kier molecular flexibility index (Phi) is 11.9. The van der Waals surface area contributed by atoms with E-state index < -0.39 is 68.4 Å². The van der Waals surface area contributed by atoms with Crippen LogP contribution in [0.4, 0.5) is 0 Å². The van der Waals surface area contributed by atoms with E-state index in [9.17, 15) is 35.7 Å². The Labute approximate surface area is 269 Å². The van der Waals surface area contributed by atoms with Crippen LogP contribution < -0.4 is 0 Å². The molecule has 44 heavy (non-hydrogen) atoms. The second kappa shape index (κ2) is 13.1. The van der Waals surface area contributed by atoms with E-state index in [4.69, 9.17) is 14.2 Å². The number of ether oxygens (including phenoxy) is 3. The SMILES string of the molecule is CCCCCCCCCS[C@]1(C)OC(C)(CO)[C@@](C)(COCC2(C)OC(C)(CO)[C@@](C)(O)C(C)(O)[C@]2(C)O)C(C)(O)[C@]1(C)O. The number of aliphatic hydroxyl groups excluding tert-OH is 2. The van der Waals surface area contributed by atoms with E-state index in [-0.39, 0.29) is 13.2 Å². The van der Waals surface area contributed by atoms with Gasteiger partial charge in [0.15, 0.2) is 0 Å². The van der Waals surface area contributed by atoms with Crippen molar-refractivity contribution in [3.05, 3.63) is 0 Å². The Morgan fingerprint density at radius 1 is 0.523 bits per heavy atom. The number of rotatable bonds is 15. The van der Waals surface area contributed by atoms with Crippen LogP contribution >= 0.6 is 11.8 Å². The Morgan fingerprint density at radius 2 is 1.00 bits per heavy atom. The molecule has 0 spiro atoms. The maximum absolute atomic E-state index is 12.2. The second-order valence-electron chi connectivity index (χ2n) is 15.3. The van der Waals surface area contributed by atoms with Gasteiger partial charge in [-0.15, -0.1) is 11.8 Å². The van der Waals surface area contributed by atoms with Crippen LogP contribution in [0.1, 0.15) is 121 Å². The third-order valence-electron chi connectivity index (χ3n) is 12.4. The first-order chi connectivity index (χ1) is 19.8. The summed E-state index contributed by atoms with van der Waals surface area (Å²) in [5.41, 5.74) is -16.0. The van der Waals surface area contributed by atoms with E-state index in [1.54, 1.807) is 27.7 Å². The minimum absolute atomic E-state index is 0.241. The number of hydrogen-bond acceptors (Lipinski definition) is 11. The number of hydrogen-bond donors (Lipinski definition) is 7. The summed E-state index contributed by atoms with van der Waals surface area (Å²) in [5, 5.41) is 79.4. The average Bonchev–Trinajstić information content (AvgIpc) is 2.92. The molecule has 0 saturated carbocycles. The number of thioether (sulfide) groups is 1. The standard InChI is InChI=1S/C33H64O10S/c1-12-13-14-15-16-17-18-19-44-33(11)32(10,40)28(6,36)24(2,25(3,20-34)43-33)22-41-23-27(5)30(8,38)31(9,39)29(7,37)26(4,21-35)42-27/h34-40H,12-23H2,1-11H3/t24-,25?,26?,27?,28?,29-,30-,31?,32+,33+/m1/s1. The van der Waals surface area contributed by atoms with Crippen molar-refractivity contribution >= 4 is 11.8 Å². The molecule has 0 bridgehead atoms. The zero-order valence-corrected chi connectivity index (χ0v) is 30.1. The van der Waals surface area contributed by atoms with Gasteiger partial charge >= 0.3 is 0 Å². The van der Waals surface area contributed by atoms with Crippen molar-refractivity contribution < 1.29 is 50.0 Å². The summed E-state index contributed by atoms with van der Waals surface area (Å²) in [6, 6.07) is 0. The van der Waals surface area contributed by atoms with Crippen molar-refractivity contribution in [3.8, 4) is 0 Å². The van der Waals surface area contributed by atoms with E-state index in [2.05, 4.69) is 6.92 Å².